The highest BCUT2D eigenvalue weighted by molar-refractivity contribution is 5.31. The molecule has 0 radical (unpaired) electrons. The van der Waals surface area contributed by atoms with Crippen molar-refractivity contribution >= 4 is 0 Å². The second kappa shape index (κ2) is 4.15. The minimum Gasteiger partial charge on any atom is -0.494 e. The SMILES string of the molecule is COc1cc(F)cc(CNO)c1F. The Kier molecular flexibility index (Phi) is 3.16. The summed E-state index contributed by atoms with van der Waals surface area (Å²) in [5.74, 6) is -1.46. The monoisotopic (exact) mass is 189 g/mol. The van der Waals surface area contributed by atoms with Crippen LogP contribution in [0.3, 0.4) is 0 Å². The minimum absolute atomic E-state index is 0.0133. The first-order valence-corrected chi connectivity index (χ1v) is 3.58. The molecule has 0 aliphatic rings. The fraction of sp³-hybridized carbons (Fsp3) is 0.250. The molecule has 3 nitrogen and oxygen atoms in total. The topological polar surface area (TPSA) is 41.5 Å². The zero-order valence-corrected chi connectivity index (χ0v) is 6.97. The van der Waals surface area contributed by atoms with Crippen LogP contribution in [0.2, 0.25) is 0 Å². The molecule has 13 heavy (non-hydrogen) atoms. The molecule has 72 valence electrons. The lowest BCUT2D eigenvalue weighted by Crippen LogP contribution is -2.09. The molecule has 0 amide bonds. The Labute approximate surface area is 73.9 Å². The predicted molar refractivity (Wildman–Crippen MR) is 41.5 cm³/mol. The maximum absolute atomic E-state index is 13.2. The third kappa shape index (κ3) is 2.13. The number of hydrogen-bond donors (Lipinski definition) is 2. The Balaban J connectivity index is 3.11. The number of benzene rings is 1. The Morgan fingerprint density at radius 2 is 2.15 bits per heavy atom. The van der Waals surface area contributed by atoms with Gasteiger partial charge in [0.25, 0.3) is 0 Å². The molecule has 0 unspecified atom stereocenters. The molecule has 0 fully saturated rings. The molecule has 0 spiro atoms. The maximum atomic E-state index is 13.2. The van der Waals surface area contributed by atoms with Crippen molar-refractivity contribution in [2.75, 3.05) is 7.11 Å². The van der Waals surface area contributed by atoms with E-state index in [1.807, 2.05) is 0 Å². The quantitative estimate of drug-likeness (QED) is 0.707. The number of rotatable bonds is 3. The van der Waals surface area contributed by atoms with Gasteiger partial charge in [-0.05, 0) is 6.07 Å². The summed E-state index contributed by atoms with van der Waals surface area (Å²) in [5, 5.41) is 8.32. The summed E-state index contributed by atoms with van der Waals surface area (Å²) < 4.78 is 30.5. The van der Waals surface area contributed by atoms with E-state index in [2.05, 4.69) is 4.74 Å². The summed E-state index contributed by atoms with van der Waals surface area (Å²) in [6.07, 6.45) is 0. The Morgan fingerprint density at radius 1 is 1.46 bits per heavy atom. The van der Waals surface area contributed by atoms with Crippen molar-refractivity contribution in [2.24, 2.45) is 0 Å². The molecule has 1 aromatic carbocycles. The summed E-state index contributed by atoms with van der Waals surface area (Å²) in [4.78, 5) is 0. The van der Waals surface area contributed by atoms with E-state index in [0.29, 0.717) is 0 Å². The van der Waals surface area contributed by atoms with Crippen LogP contribution >= 0.6 is 0 Å². The molecule has 5 heteroatoms. The molecule has 0 saturated carbocycles. The lowest BCUT2D eigenvalue weighted by atomic mass is 10.2. The second-order valence-electron chi connectivity index (χ2n) is 2.42. The highest BCUT2D eigenvalue weighted by Gasteiger charge is 2.10. The van der Waals surface area contributed by atoms with E-state index in [1.165, 1.54) is 7.11 Å². The second-order valence-corrected chi connectivity index (χ2v) is 2.42. The number of hydroxylamine groups is 1. The third-order valence-electron chi connectivity index (χ3n) is 1.57. The Morgan fingerprint density at radius 3 is 2.69 bits per heavy atom. The van der Waals surface area contributed by atoms with Crippen molar-refractivity contribution in [1.29, 1.82) is 0 Å². The average molecular weight is 189 g/mol. The van der Waals surface area contributed by atoms with Crippen LogP contribution in [0.5, 0.6) is 5.75 Å². The van der Waals surface area contributed by atoms with Crippen molar-refractivity contribution in [2.45, 2.75) is 6.54 Å². The van der Waals surface area contributed by atoms with E-state index in [-0.39, 0.29) is 17.9 Å². The van der Waals surface area contributed by atoms with Gasteiger partial charge in [0.05, 0.1) is 7.11 Å². The fourth-order valence-corrected chi connectivity index (χ4v) is 0.981. The summed E-state index contributed by atoms with van der Waals surface area (Å²) >= 11 is 0. The minimum atomic E-state index is -0.676. The normalized spacial score (nSPS) is 10.2. The molecular formula is C8H9F2NO2. The van der Waals surface area contributed by atoms with Crippen LogP contribution in [0.15, 0.2) is 12.1 Å². The largest absolute Gasteiger partial charge is 0.494 e. The van der Waals surface area contributed by atoms with E-state index in [4.69, 9.17) is 5.21 Å². The van der Waals surface area contributed by atoms with Crippen molar-refractivity contribution in [3.63, 3.8) is 0 Å². The van der Waals surface area contributed by atoms with Crippen LogP contribution in [-0.4, -0.2) is 12.3 Å². The van der Waals surface area contributed by atoms with Gasteiger partial charge in [0.1, 0.15) is 5.82 Å². The van der Waals surface area contributed by atoms with Crippen LogP contribution in [-0.2, 0) is 6.54 Å². The van der Waals surface area contributed by atoms with Gasteiger partial charge in [0, 0.05) is 18.2 Å². The number of methoxy groups -OCH3 is 1. The van der Waals surface area contributed by atoms with Crippen LogP contribution in [0.1, 0.15) is 5.56 Å². The molecule has 2 N–H and O–H groups in total. The molecule has 1 aromatic rings. The smallest absolute Gasteiger partial charge is 0.169 e. The first-order chi connectivity index (χ1) is 6.19. The zero-order valence-electron chi connectivity index (χ0n) is 6.97. The summed E-state index contributed by atoms with van der Waals surface area (Å²) in [6.45, 7) is -0.167. The molecule has 0 saturated heterocycles. The molecule has 0 heterocycles. The van der Waals surface area contributed by atoms with E-state index in [1.54, 1.807) is 5.48 Å². The average Bonchev–Trinajstić information content (AvgIpc) is 2.11. The number of ether oxygens (including phenoxy) is 1. The van der Waals surface area contributed by atoms with Gasteiger partial charge in [-0.2, -0.15) is 0 Å². The predicted octanol–water partition coefficient (Wildman–Crippen LogP) is 1.45. The van der Waals surface area contributed by atoms with Gasteiger partial charge in [0.15, 0.2) is 11.6 Å². The van der Waals surface area contributed by atoms with Crippen molar-refractivity contribution < 1.29 is 18.7 Å². The van der Waals surface area contributed by atoms with Gasteiger partial charge in [-0.15, -0.1) is 0 Å². The molecule has 1 rings (SSSR count). The summed E-state index contributed by atoms with van der Waals surface area (Å²) in [5.41, 5.74) is 1.75. The standard InChI is InChI=1S/C8H9F2NO2/c1-13-7-3-6(9)2-5(4-11-12)8(7)10/h2-3,11-12H,4H2,1H3. The lowest BCUT2D eigenvalue weighted by molar-refractivity contribution is 0.159. The van der Waals surface area contributed by atoms with Crippen molar-refractivity contribution in [3.05, 3.63) is 29.3 Å². The first kappa shape index (κ1) is 9.88. The first-order valence-electron chi connectivity index (χ1n) is 3.58. The van der Waals surface area contributed by atoms with Gasteiger partial charge in [-0.25, -0.2) is 14.3 Å². The van der Waals surface area contributed by atoms with Crippen molar-refractivity contribution in [1.82, 2.24) is 5.48 Å². The molecule has 0 bridgehead atoms. The highest BCUT2D eigenvalue weighted by Crippen LogP contribution is 2.21. The Bertz CT molecular complexity index is 304. The number of halogens is 2. The highest BCUT2D eigenvalue weighted by atomic mass is 19.1. The van der Waals surface area contributed by atoms with E-state index >= 15 is 0 Å². The van der Waals surface area contributed by atoms with Crippen LogP contribution in [0.4, 0.5) is 8.78 Å². The lowest BCUT2D eigenvalue weighted by Gasteiger charge is -2.06. The fourth-order valence-electron chi connectivity index (χ4n) is 0.981. The van der Waals surface area contributed by atoms with E-state index < -0.39 is 11.6 Å². The molecule has 0 atom stereocenters. The van der Waals surface area contributed by atoms with Gasteiger partial charge < -0.3 is 9.94 Å². The number of hydrogen-bond acceptors (Lipinski definition) is 3. The Hall–Kier alpha value is -1.20. The number of nitrogens with one attached hydrogen (secondary N) is 1. The molecule has 0 aliphatic carbocycles. The zero-order chi connectivity index (χ0) is 9.84. The van der Waals surface area contributed by atoms with Gasteiger partial charge in [-0.3, -0.25) is 0 Å². The van der Waals surface area contributed by atoms with Gasteiger partial charge in [0.2, 0.25) is 0 Å². The van der Waals surface area contributed by atoms with Crippen molar-refractivity contribution in [3.8, 4) is 5.75 Å². The molecule has 0 aliphatic heterocycles. The van der Waals surface area contributed by atoms with Gasteiger partial charge >= 0.3 is 0 Å². The molecule has 0 aromatic heterocycles. The van der Waals surface area contributed by atoms with E-state index in [9.17, 15) is 8.78 Å². The van der Waals surface area contributed by atoms with Gasteiger partial charge in [-0.1, -0.05) is 0 Å². The maximum Gasteiger partial charge on any atom is 0.169 e. The van der Waals surface area contributed by atoms with Crippen LogP contribution < -0.4 is 10.2 Å². The van der Waals surface area contributed by atoms with E-state index in [0.717, 1.165) is 12.1 Å². The molecular weight excluding hydrogens is 180 g/mol. The van der Waals surface area contributed by atoms with Crippen LogP contribution in [0.25, 0.3) is 0 Å². The summed E-state index contributed by atoms with van der Waals surface area (Å²) in [6, 6.07) is 1.93. The summed E-state index contributed by atoms with van der Waals surface area (Å²) in [7, 11) is 1.24. The third-order valence-corrected chi connectivity index (χ3v) is 1.57. The van der Waals surface area contributed by atoms with Crippen LogP contribution in [0, 0.1) is 11.6 Å².